The van der Waals surface area contributed by atoms with Gasteiger partial charge in [-0.15, -0.1) is 0 Å². The third-order valence-corrected chi connectivity index (χ3v) is 6.86. The van der Waals surface area contributed by atoms with Crippen LogP contribution in [-0.2, 0) is 29.0 Å². The summed E-state index contributed by atoms with van der Waals surface area (Å²) in [7, 11) is 1.66. The number of carbonyl (C=O) groups excluding carboxylic acids is 1. The van der Waals surface area contributed by atoms with E-state index < -0.39 is 0 Å². The summed E-state index contributed by atoms with van der Waals surface area (Å²) in [4.78, 5) is 38.0. The number of nitrogens with zero attached hydrogens (tertiary/aromatic N) is 3. The molecule has 8 nitrogen and oxygen atoms in total. The molecule has 2 fully saturated rings. The molecular weight excluding hydrogens is 408 g/mol. The van der Waals surface area contributed by atoms with Gasteiger partial charge in [-0.2, -0.15) is 0 Å². The van der Waals surface area contributed by atoms with Crippen LogP contribution in [0.5, 0.6) is 5.75 Å². The second kappa shape index (κ2) is 9.03. The van der Waals surface area contributed by atoms with Gasteiger partial charge in [0.1, 0.15) is 11.6 Å². The maximum Gasteiger partial charge on any atom is 0.255 e. The SMILES string of the molecule is COc1ccc(CN2CCc3nc([C@H]4CCCN4C(=O)[C@@H]4CCOC4)[nH]c(=O)c3C2)cc1. The predicted molar refractivity (Wildman–Crippen MR) is 118 cm³/mol. The van der Waals surface area contributed by atoms with E-state index in [-0.39, 0.29) is 23.4 Å². The molecule has 0 bridgehead atoms. The fraction of sp³-hybridized carbons (Fsp3) is 0.542. The molecule has 1 N–H and O–H groups in total. The Balaban J connectivity index is 1.31. The first-order chi connectivity index (χ1) is 15.6. The van der Waals surface area contributed by atoms with E-state index in [1.54, 1.807) is 7.11 Å². The van der Waals surface area contributed by atoms with Crippen LogP contribution in [-0.4, -0.2) is 59.1 Å². The highest BCUT2D eigenvalue weighted by atomic mass is 16.5. The van der Waals surface area contributed by atoms with Crippen molar-refractivity contribution in [2.75, 3.05) is 33.4 Å². The minimum Gasteiger partial charge on any atom is -0.497 e. The van der Waals surface area contributed by atoms with E-state index in [2.05, 4.69) is 22.0 Å². The van der Waals surface area contributed by atoms with Gasteiger partial charge in [0.15, 0.2) is 0 Å². The van der Waals surface area contributed by atoms with Gasteiger partial charge < -0.3 is 19.4 Å². The number of likely N-dealkylation sites (tertiary alicyclic amines) is 1. The highest BCUT2D eigenvalue weighted by molar-refractivity contribution is 5.80. The minimum atomic E-state index is -0.140. The molecule has 2 saturated heterocycles. The summed E-state index contributed by atoms with van der Waals surface area (Å²) >= 11 is 0. The third-order valence-electron chi connectivity index (χ3n) is 6.86. The fourth-order valence-corrected chi connectivity index (χ4v) is 5.06. The summed E-state index contributed by atoms with van der Waals surface area (Å²) in [6.45, 7) is 4.07. The molecule has 0 saturated carbocycles. The molecule has 170 valence electrons. The number of aromatic nitrogens is 2. The minimum absolute atomic E-state index is 0.0635. The van der Waals surface area contributed by atoms with Crippen molar-refractivity contribution >= 4 is 5.91 Å². The van der Waals surface area contributed by atoms with Gasteiger partial charge in [0.2, 0.25) is 5.91 Å². The average Bonchev–Trinajstić information content (AvgIpc) is 3.52. The lowest BCUT2D eigenvalue weighted by Crippen LogP contribution is -2.39. The molecule has 32 heavy (non-hydrogen) atoms. The molecule has 3 aliphatic rings. The van der Waals surface area contributed by atoms with Crippen LogP contribution < -0.4 is 10.3 Å². The molecule has 2 atom stereocenters. The van der Waals surface area contributed by atoms with Crippen LogP contribution in [0.1, 0.15) is 47.9 Å². The zero-order valence-electron chi connectivity index (χ0n) is 18.5. The Kier molecular flexibility index (Phi) is 5.97. The number of fused-ring (bicyclic) bond motifs is 1. The second-order valence-corrected chi connectivity index (χ2v) is 8.94. The van der Waals surface area contributed by atoms with Gasteiger partial charge in [-0.3, -0.25) is 14.5 Å². The van der Waals surface area contributed by atoms with Crippen molar-refractivity contribution in [1.82, 2.24) is 19.8 Å². The summed E-state index contributed by atoms with van der Waals surface area (Å²) in [6.07, 6.45) is 3.28. The van der Waals surface area contributed by atoms with Crippen molar-refractivity contribution in [2.24, 2.45) is 5.92 Å². The predicted octanol–water partition coefficient (Wildman–Crippen LogP) is 2.04. The highest BCUT2D eigenvalue weighted by Gasteiger charge is 2.37. The number of ether oxygens (including phenoxy) is 2. The molecule has 8 heteroatoms. The number of hydrogen-bond acceptors (Lipinski definition) is 6. The summed E-state index contributed by atoms with van der Waals surface area (Å²) in [6, 6.07) is 7.89. The maximum atomic E-state index is 13.0. The Morgan fingerprint density at radius 3 is 2.84 bits per heavy atom. The van der Waals surface area contributed by atoms with E-state index >= 15 is 0 Å². The molecule has 3 aliphatic heterocycles. The lowest BCUT2D eigenvalue weighted by Gasteiger charge is -2.30. The molecule has 1 aromatic carbocycles. The van der Waals surface area contributed by atoms with Crippen LogP contribution in [0.3, 0.4) is 0 Å². The zero-order valence-corrected chi connectivity index (χ0v) is 18.5. The van der Waals surface area contributed by atoms with Crippen molar-refractivity contribution in [3.63, 3.8) is 0 Å². The maximum absolute atomic E-state index is 13.0. The number of nitrogens with one attached hydrogen (secondary N) is 1. The molecule has 1 amide bonds. The second-order valence-electron chi connectivity index (χ2n) is 8.94. The fourth-order valence-electron chi connectivity index (χ4n) is 5.06. The molecule has 0 unspecified atom stereocenters. The van der Waals surface area contributed by atoms with Gasteiger partial charge in [-0.25, -0.2) is 4.98 Å². The van der Waals surface area contributed by atoms with Crippen molar-refractivity contribution in [2.45, 2.75) is 44.8 Å². The summed E-state index contributed by atoms with van der Waals surface area (Å²) in [5.41, 5.74) is 2.73. The number of carbonyl (C=O) groups is 1. The molecule has 0 aliphatic carbocycles. The number of amides is 1. The van der Waals surface area contributed by atoms with Crippen molar-refractivity contribution in [1.29, 1.82) is 0 Å². The van der Waals surface area contributed by atoms with Gasteiger partial charge >= 0.3 is 0 Å². The van der Waals surface area contributed by atoms with Gasteiger partial charge in [0, 0.05) is 39.2 Å². The van der Waals surface area contributed by atoms with E-state index in [9.17, 15) is 9.59 Å². The van der Waals surface area contributed by atoms with Gasteiger partial charge in [-0.05, 0) is 37.0 Å². The van der Waals surface area contributed by atoms with E-state index in [1.807, 2.05) is 17.0 Å². The van der Waals surface area contributed by atoms with Crippen LogP contribution in [0, 0.1) is 5.92 Å². The smallest absolute Gasteiger partial charge is 0.255 e. The quantitative estimate of drug-likeness (QED) is 0.769. The number of H-pyrrole nitrogens is 1. The molecule has 4 heterocycles. The first kappa shape index (κ1) is 21.2. The number of rotatable bonds is 5. The van der Waals surface area contributed by atoms with Crippen LogP contribution in [0.2, 0.25) is 0 Å². The van der Waals surface area contributed by atoms with E-state index in [0.717, 1.165) is 62.3 Å². The van der Waals surface area contributed by atoms with Crippen molar-refractivity contribution < 1.29 is 14.3 Å². The Hall–Kier alpha value is -2.71. The average molecular weight is 439 g/mol. The normalized spacial score (nSPS) is 23.3. The van der Waals surface area contributed by atoms with Crippen molar-refractivity contribution in [3.8, 4) is 5.75 Å². The third kappa shape index (κ3) is 4.17. The van der Waals surface area contributed by atoms with Crippen molar-refractivity contribution in [3.05, 3.63) is 57.3 Å². The largest absolute Gasteiger partial charge is 0.497 e. The first-order valence-corrected chi connectivity index (χ1v) is 11.5. The lowest BCUT2D eigenvalue weighted by molar-refractivity contribution is -0.136. The van der Waals surface area contributed by atoms with Gasteiger partial charge in [0.25, 0.3) is 5.56 Å². The summed E-state index contributed by atoms with van der Waals surface area (Å²) < 4.78 is 10.6. The molecule has 5 rings (SSSR count). The number of benzene rings is 1. The molecule has 0 spiro atoms. The van der Waals surface area contributed by atoms with E-state index in [1.165, 1.54) is 5.56 Å². The van der Waals surface area contributed by atoms with Crippen LogP contribution in [0.15, 0.2) is 29.1 Å². The number of aromatic amines is 1. The van der Waals surface area contributed by atoms with E-state index in [4.69, 9.17) is 14.5 Å². The Labute approximate surface area is 187 Å². The molecule has 2 aromatic rings. The monoisotopic (exact) mass is 438 g/mol. The van der Waals surface area contributed by atoms with Crippen LogP contribution in [0.25, 0.3) is 0 Å². The van der Waals surface area contributed by atoms with Gasteiger partial charge in [-0.1, -0.05) is 12.1 Å². The Morgan fingerprint density at radius 1 is 1.25 bits per heavy atom. The highest BCUT2D eigenvalue weighted by Crippen LogP contribution is 2.33. The summed E-state index contributed by atoms with van der Waals surface area (Å²) in [5.74, 6) is 1.55. The molecule has 1 aromatic heterocycles. The molecular formula is C24H30N4O4. The number of methoxy groups -OCH3 is 1. The first-order valence-electron chi connectivity index (χ1n) is 11.5. The van der Waals surface area contributed by atoms with Crippen LogP contribution >= 0.6 is 0 Å². The van der Waals surface area contributed by atoms with E-state index in [0.29, 0.717) is 25.6 Å². The Bertz CT molecular complexity index is 1030. The Morgan fingerprint density at radius 2 is 2.09 bits per heavy atom. The topological polar surface area (TPSA) is 87.8 Å². The molecule has 0 radical (unpaired) electrons. The standard InChI is InChI=1S/C24H30N4O4/c1-31-18-6-4-16(5-7-18)13-27-11-8-20-19(14-27)23(29)26-22(25-20)21-3-2-10-28(21)24(30)17-9-12-32-15-17/h4-7,17,21H,2-3,8-15H2,1H3,(H,25,26,29)/t17-,21-/m1/s1. The zero-order chi connectivity index (χ0) is 22.1. The van der Waals surface area contributed by atoms with Gasteiger partial charge in [0.05, 0.1) is 36.9 Å². The number of hydrogen-bond donors (Lipinski definition) is 1. The van der Waals surface area contributed by atoms with Crippen LogP contribution in [0.4, 0.5) is 0 Å². The summed E-state index contributed by atoms with van der Waals surface area (Å²) in [5, 5.41) is 0. The lowest BCUT2D eigenvalue weighted by atomic mass is 10.0.